The molecule has 1 radical (unpaired) electrons. The molecule has 0 unspecified atom stereocenters. The molecule has 0 atom stereocenters. The van der Waals surface area contributed by atoms with E-state index in [1.165, 1.54) is 12.1 Å². The van der Waals surface area contributed by atoms with Gasteiger partial charge in [0.15, 0.2) is 0 Å². The summed E-state index contributed by atoms with van der Waals surface area (Å²) in [4.78, 5) is 10.3. The van der Waals surface area contributed by atoms with Gasteiger partial charge in [-0.3, -0.25) is 0 Å². The fourth-order valence-electron chi connectivity index (χ4n) is 0.622. The molecule has 0 bridgehead atoms. The number of carboxylic acids is 1. The number of carbonyl (C=O) groups is 1. The molecular formula is C7H5ClNaO2. The molecule has 1 rings (SSSR count). The minimum atomic E-state index is -0.956. The van der Waals surface area contributed by atoms with Gasteiger partial charge in [0.2, 0.25) is 0 Å². The molecule has 0 aliphatic heterocycles. The number of benzene rings is 1. The third-order valence-corrected chi connectivity index (χ3v) is 1.31. The first-order valence-electron chi connectivity index (χ1n) is 2.69. The molecular weight excluding hydrogens is 175 g/mol. The largest absolute Gasteiger partial charge is 0.478 e. The van der Waals surface area contributed by atoms with E-state index in [0.29, 0.717) is 5.02 Å². The standard InChI is InChI=1S/C7H5ClO2.Na/c8-6-3-1-2-5(4-6)7(9)10;/h1-4H,(H,9,10);. The smallest absolute Gasteiger partial charge is 0.335 e. The van der Waals surface area contributed by atoms with Crippen LogP contribution in [0.5, 0.6) is 0 Å². The summed E-state index contributed by atoms with van der Waals surface area (Å²) in [6, 6.07) is 6.14. The second-order valence-electron chi connectivity index (χ2n) is 1.82. The molecule has 0 saturated heterocycles. The van der Waals surface area contributed by atoms with E-state index >= 15 is 0 Å². The van der Waals surface area contributed by atoms with Crippen molar-refractivity contribution in [3.63, 3.8) is 0 Å². The minimum absolute atomic E-state index is 0. The van der Waals surface area contributed by atoms with Crippen molar-refractivity contribution in [2.75, 3.05) is 0 Å². The Balaban J connectivity index is 0.000001000. The zero-order valence-electron chi connectivity index (χ0n) is 6.04. The topological polar surface area (TPSA) is 37.3 Å². The number of carboxylic acid groups (broad SMARTS) is 1. The van der Waals surface area contributed by atoms with E-state index in [1.54, 1.807) is 12.1 Å². The predicted octanol–water partition coefficient (Wildman–Crippen LogP) is 1.66. The zero-order valence-corrected chi connectivity index (χ0v) is 8.80. The Labute approximate surface area is 91.5 Å². The van der Waals surface area contributed by atoms with Gasteiger partial charge in [-0.25, -0.2) is 4.79 Å². The summed E-state index contributed by atoms with van der Waals surface area (Å²) in [6.07, 6.45) is 0. The molecule has 0 heterocycles. The van der Waals surface area contributed by atoms with Crippen molar-refractivity contribution in [2.24, 2.45) is 0 Å². The van der Waals surface area contributed by atoms with E-state index in [9.17, 15) is 4.79 Å². The van der Waals surface area contributed by atoms with Gasteiger partial charge in [-0.1, -0.05) is 17.7 Å². The van der Waals surface area contributed by atoms with E-state index < -0.39 is 5.97 Å². The van der Waals surface area contributed by atoms with Gasteiger partial charge in [-0.05, 0) is 18.2 Å². The Morgan fingerprint density at radius 2 is 2.09 bits per heavy atom. The van der Waals surface area contributed by atoms with Gasteiger partial charge in [0.25, 0.3) is 0 Å². The van der Waals surface area contributed by atoms with Gasteiger partial charge in [-0.2, -0.15) is 0 Å². The maximum absolute atomic E-state index is 10.3. The van der Waals surface area contributed by atoms with Gasteiger partial charge in [0.05, 0.1) is 5.56 Å². The molecule has 1 aromatic carbocycles. The third-order valence-electron chi connectivity index (χ3n) is 1.07. The van der Waals surface area contributed by atoms with Crippen LogP contribution >= 0.6 is 11.6 Å². The Bertz CT molecular complexity index is 262. The first-order valence-corrected chi connectivity index (χ1v) is 3.07. The fraction of sp³-hybridized carbons (Fsp3) is 0. The zero-order chi connectivity index (χ0) is 7.56. The minimum Gasteiger partial charge on any atom is -0.478 e. The second kappa shape index (κ2) is 4.78. The molecule has 2 nitrogen and oxygen atoms in total. The molecule has 0 aromatic heterocycles. The summed E-state index contributed by atoms with van der Waals surface area (Å²) < 4.78 is 0. The van der Waals surface area contributed by atoms with Gasteiger partial charge in [0, 0.05) is 34.6 Å². The van der Waals surface area contributed by atoms with E-state index in [1.807, 2.05) is 0 Å². The van der Waals surface area contributed by atoms with Crippen molar-refractivity contribution in [1.82, 2.24) is 0 Å². The average molecular weight is 180 g/mol. The molecule has 0 amide bonds. The Morgan fingerprint density at radius 3 is 2.45 bits per heavy atom. The summed E-state index contributed by atoms with van der Waals surface area (Å²) in [5, 5.41) is 8.89. The average Bonchev–Trinajstić information content (AvgIpc) is 1.88. The maximum Gasteiger partial charge on any atom is 0.335 e. The van der Waals surface area contributed by atoms with Crippen molar-refractivity contribution < 1.29 is 9.90 Å². The van der Waals surface area contributed by atoms with Crippen molar-refractivity contribution in [3.8, 4) is 0 Å². The quantitative estimate of drug-likeness (QED) is 0.666. The second-order valence-corrected chi connectivity index (χ2v) is 2.25. The van der Waals surface area contributed by atoms with Crippen LogP contribution in [0, 0.1) is 0 Å². The molecule has 11 heavy (non-hydrogen) atoms. The number of aromatic carboxylic acids is 1. The molecule has 1 aromatic rings. The third kappa shape index (κ3) is 3.25. The molecule has 1 N–H and O–H groups in total. The predicted molar refractivity (Wildman–Crippen MR) is 44.2 cm³/mol. The number of halogens is 1. The van der Waals surface area contributed by atoms with E-state index in [2.05, 4.69) is 0 Å². The van der Waals surface area contributed by atoms with E-state index in [4.69, 9.17) is 16.7 Å². The molecule has 0 saturated carbocycles. The van der Waals surface area contributed by atoms with Gasteiger partial charge >= 0.3 is 5.97 Å². The van der Waals surface area contributed by atoms with Crippen LogP contribution in [-0.2, 0) is 0 Å². The SMILES string of the molecule is O=C(O)c1cccc(Cl)c1.[Na]. The molecule has 4 heteroatoms. The Hall–Kier alpha value is -0.0200. The molecule has 0 aliphatic rings. The first kappa shape index (κ1) is 11.0. The molecule has 0 fully saturated rings. The normalized spacial score (nSPS) is 8.45. The van der Waals surface area contributed by atoms with E-state index in [0.717, 1.165) is 0 Å². The van der Waals surface area contributed by atoms with Crippen LogP contribution in [0.2, 0.25) is 5.02 Å². The molecule has 53 valence electrons. The van der Waals surface area contributed by atoms with Gasteiger partial charge in [0.1, 0.15) is 0 Å². The van der Waals surface area contributed by atoms with Gasteiger partial charge < -0.3 is 5.11 Å². The van der Waals surface area contributed by atoms with Gasteiger partial charge in [-0.15, -0.1) is 0 Å². The van der Waals surface area contributed by atoms with Crippen molar-refractivity contribution in [3.05, 3.63) is 34.9 Å². The molecule has 0 spiro atoms. The van der Waals surface area contributed by atoms with Crippen LogP contribution in [-0.4, -0.2) is 40.6 Å². The van der Waals surface area contributed by atoms with Crippen LogP contribution in [0.1, 0.15) is 10.4 Å². The number of rotatable bonds is 1. The van der Waals surface area contributed by atoms with Crippen LogP contribution in [0.3, 0.4) is 0 Å². The van der Waals surface area contributed by atoms with Crippen LogP contribution in [0.15, 0.2) is 24.3 Å². The summed E-state index contributed by atoms with van der Waals surface area (Å²) in [5.74, 6) is -0.956. The summed E-state index contributed by atoms with van der Waals surface area (Å²) in [6.45, 7) is 0. The monoisotopic (exact) mass is 179 g/mol. The van der Waals surface area contributed by atoms with Crippen molar-refractivity contribution in [1.29, 1.82) is 0 Å². The van der Waals surface area contributed by atoms with Crippen molar-refractivity contribution in [2.45, 2.75) is 0 Å². The maximum atomic E-state index is 10.3. The number of hydrogen-bond donors (Lipinski definition) is 1. The van der Waals surface area contributed by atoms with Crippen LogP contribution in [0.4, 0.5) is 0 Å². The van der Waals surface area contributed by atoms with Crippen LogP contribution in [0.25, 0.3) is 0 Å². The number of hydrogen-bond acceptors (Lipinski definition) is 1. The summed E-state index contributed by atoms with van der Waals surface area (Å²) >= 11 is 5.53. The fourth-order valence-corrected chi connectivity index (χ4v) is 0.812. The van der Waals surface area contributed by atoms with E-state index in [-0.39, 0.29) is 35.1 Å². The summed E-state index contributed by atoms with van der Waals surface area (Å²) in [5.41, 5.74) is 0.215. The molecule has 0 aliphatic carbocycles. The van der Waals surface area contributed by atoms with Crippen LogP contribution < -0.4 is 0 Å². The summed E-state index contributed by atoms with van der Waals surface area (Å²) in [7, 11) is 0. The Morgan fingerprint density at radius 1 is 1.45 bits per heavy atom. The first-order chi connectivity index (χ1) is 4.70. The van der Waals surface area contributed by atoms with Crippen molar-refractivity contribution >= 4 is 47.1 Å². The Kier molecular flexibility index (Phi) is 4.77.